The Morgan fingerprint density at radius 3 is 2.39 bits per heavy atom. The van der Waals surface area contributed by atoms with Crippen LogP contribution in [0, 0.1) is 0 Å². The molecule has 0 aliphatic carbocycles. The summed E-state index contributed by atoms with van der Waals surface area (Å²) in [7, 11) is -0.921. The molecule has 0 atom stereocenters. The molecule has 0 unspecified atom stereocenters. The van der Waals surface area contributed by atoms with Crippen LogP contribution in [0.25, 0.3) is 0 Å². The van der Waals surface area contributed by atoms with Crippen molar-refractivity contribution in [2.75, 3.05) is 33.0 Å². The van der Waals surface area contributed by atoms with Crippen molar-refractivity contribution in [1.29, 1.82) is 0 Å². The lowest BCUT2D eigenvalue weighted by Gasteiger charge is -2.18. The zero-order valence-corrected chi connectivity index (χ0v) is 15.9. The Morgan fingerprint density at radius 1 is 1.09 bits per heavy atom. The highest BCUT2D eigenvalue weighted by Crippen LogP contribution is 2.37. The Labute approximate surface area is 141 Å². The van der Waals surface area contributed by atoms with E-state index in [9.17, 15) is 0 Å². The predicted octanol–water partition coefficient (Wildman–Crippen LogP) is 3.89. The Balaban J connectivity index is 2.84. The van der Waals surface area contributed by atoms with Gasteiger partial charge in [0, 0.05) is 6.61 Å². The summed E-state index contributed by atoms with van der Waals surface area (Å²) in [5.41, 5.74) is 3.29. The van der Waals surface area contributed by atoms with Gasteiger partial charge in [0.25, 0.3) is 0 Å². The molecule has 1 aromatic heterocycles. The van der Waals surface area contributed by atoms with E-state index in [4.69, 9.17) is 18.9 Å². The van der Waals surface area contributed by atoms with Crippen LogP contribution >= 0.6 is 0 Å². The molecule has 0 amide bonds. The van der Waals surface area contributed by atoms with Crippen LogP contribution in [-0.4, -0.2) is 41.4 Å². The summed E-state index contributed by atoms with van der Waals surface area (Å²) >= 11 is 0. The zero-order chi connectivity index (χ0) is 17.1. The number of hydrogen-bond donors (Lipinski definition) is 0. The Hall–Kier alpha value is -1.33. The molecule has 23 heavy (non-hydrogen) atoms. The molecule has 1 rings (SSSR count). The quantitative estimate of drug-likeness (QED) is 0.329. The third-order valence-corrected chi connectivity index (χ3v) is 5.53. The van der Waals surface area contributed by atoms with Gasteiger partial charge in [-0.25, -0.2) is 0 Å². The number of aryl methyl sites for hydroxylation is 1. The summed E-state index contributed by atoms with van der Waals surface area (Å²) in [5.74, 6) is 1.57. The highest BCUT2D eigenvalue weighted by molar-refractivity contribution is 6.55. The van der Waals surface area contributed by atoms with E-state index in [1.807, 2.05) is 33.8 Å². The summed E-state index contributed by atoms with van der Waals surface area (Å²) in [5, 5.41) is 0.977. The minimum Gasteiger partial charge on any atom is -0.495 e. The van der Waals surface area contributed by atoms with Crippen molar-refractivity contribution in [2.24, 2.45) is 0 Å². The van der Waals surface area contributed by atoms with Crippen molar-refractivity contribution >= 4 is 8.40 Å². The van der Waals surface area contributed by atoms with Crippen LogP contribution in [-0.2, 0) is 10.8 Å². The van der Waals surface area contributed by atoms with Gasteiger partial charge in [-0.3, -0.25) is 0 Å². The first kappa shape index (κ1) is 19.7. The summed E-state index contributed by atoms with van der Waals surface area (Å²) in [6.07, 6.45) is 1.01. The average Bonchev–Trinajstić information content (AvgIpc) is 2.51. The maximum absolute atomic E-state index is 5.93. The van der Waals surface area contributed by atoms with Crippen LogP contribution in [0.4, 0.5) is 0 Å². The Bertz CT molecular complexity index is 488. The van der Waals surface area contributed by atoms with Crippen LogP contribution in [0.3, 0.4) is 0 Å². The van der Waals surface area contributed by atoms with Gasteiger partial charge in [0.15, 0.2) is 11.5 Å². The monoisotopic (exact) mass is 338 g/mol. The fourth-order valence-corrected chi connectivity index (χ4v) is 4.49. The molecule has 0 N–H and O–H groups in total. The third kappa shape index (κ3) is 6.75. The third-order valence-electron chi connectivity index (χ3n) is 3.12. The standard InChI is InChI=1S/C18H30O4Si/c1-6-20-16-10-13-23(12-9-11-19-14-15(4)5)18(22-8-3)17(16)21-7-2/h10,13H,4,6-9,11-12,14H2,1-3,5H3. The zero-order valence-electron chi connectivity index (χ0n) is 14.9. The Kier molecular flexibility index (Phi) is 9.63. The second kappa shape index (κ2) is 11.2. The molecule has 0 spiro atoms. The van der Waals surface area contributed by atoms with Crippen molar-refractivity contribution in [2.45, 2.75) is 40.2 Å². The molecule has 0 aliphatic heterocycles. The van der Waals surface area contributed by atoms with Crippen LogP contribution in [0.1, 0.15) is 34.1 Å². The molecular weight excluding hydrogens is 308 g/mol. The minimum atomic E-state index is -0.921. The SMILES string of the molecule is C=C(C)COCCC[si]1ccc(OCC)c(OCC)c1OCC. The summed E-state index contributed by atoms with van der Waals surface area (Å²) in [6.45, 7) is 15.0. The maximum atomic E-state index is 5.93. The van der Waals surface area contributed by atoms with Gasteiger partial charge in [0.05, 0.1) is 34.8 Å². The van der Waals surface area contributed by atoms with E-state index in [1.54, 1.807) is 0 Å². The average molecular weight is 339 g/mol. The molecule has 0 saturated carbocycles. The topological polar surface area (TPSA) is 36.9 Å². The first-order chi connectivity index (χ1) is 11.1. The van der Waals surface area contributed by atoms with Crippen LogP contribution in [0.5, 0.6) is 16.9 Å². The van der Waals surface area contributed by atoms with E-state index in [-0.39, 0.29) is 0 Å². The van der Waals surface area contributed by atoms with E-state index in [0.29, 0.717) is 26.4 Å². The van der Waals surface area contributed by atoms with Crippen LogP contribution < -0.4 is 14.2 Å². The molecule has 1 aromatic rings. The number of hydrogen-bond acceptors (Lipinski definition) is 4. The number of ether oxygens (including phenoxy) is 4. The smallest absolute Gasteiger partial charge is 0.197 e. The van der Waals surface area contributed by atoms with Gasteiger partial charge in [-0.05, 0) is 46.2 Å². The van der Waals surface area contributed by atoms with Gasteiger partial charge in [-0.2, -0.15) is 0 Å². The molecule has 130 valence electrons. The first-order valence-electron chi connectivity index (χ1n) is 8.40. The molecule has 0 bridgehead atoms. The molecule has 5 heteroatoms. The van der Waals surface area contributed by atoms with Crippen LogP contribution in [0.2, 0.25) is 0 Å². The van der Waals surface area contributed by atoms with Gasteiger partial charge in [0.1, 0.15) is 5.36 Å². The van der Waals surface area contributed by atoms with Crippen molar-refractivity contribution in [3.63, 3.8) is 0 Å². The molecule has 0 saturated heterocycles. The van der Waals surface area contributed by atoms with Gasteiger partial charge in [-0.1, -0.05) is 17.8 Å². The summed E-state index contributed by atoms with van der Waals surface area (Å²) < 4.78 is 23.0. The lowest BCUT2D eigenvalue weighted by molar-refractivity contribution is 0.155. The highest BCUT2D eigenvalue weighted by Gasteiger charge is 2.17. The largest absolute Gasteiger partial charge is 0.495 e. The highest BCUT2D eigenvalue weighted by atomic mass is 28.2. The Morgan fingerprint density at radius 2 is 1.78 bits per heavy atom. The summed E-state index contributed by atoms with van der Waals surface area (Å²) in [6, 6.07) is 3.10. The van der Waals surface area contributed by atoms with Gasteiger partial charge in [-0.15, -0.1) is 0 Å². The predicted molar refractivity (Wildman–Crippen MR) is 96.1 cm³/mol. The van der Waals surface area contributed by atoms with Crippen molar-refractivity contribution in [3.05, 3.63) is 23.9 Å². The van der Waals surface area contributed by atoms with Gasteiger partial charge < -0.3 is 18.9 Å². The van der Waals surface area contributed by atoms with Crippen molar-refractivity contribution in [1.82, 2.24) is 0 Å². The number of rotatable bonds is 12. The van der Waals surface area contributed by atoms with E-state index >= 15 is 0 Å². The molecule has 4 nitrogen and oxygen atoms in total. The van der Waals surface area contributed by atoms with Crippen molar-refractivity contribution < 1.29 is 18.9 Å². The minimum absolute atomic E-state index is 0.604. The maximum Gasteiger partial charge on any atom is 0.197 e. The fraction of sp³-hybridized carbons (Fsp3) is 0.611. The van der Waals surface area contributed by atoms with Gasteiger partial charge >= 0.3 is 0 Å². The molecular formula is C18H30O4Si. The fourth-order valence-electron chi connectivity index (χ4n) is 2.25. The molecule has 0 fully saturated rings. The second-order valence-electron chi connectivity index (χ2n) is 5.29. The molecule has 1 heterocycles. The lowest BCUT2D eigenvalue weighted by Crippen LogP contribution is -2.12. The van der Waals surface area contributed by atoms with E-state index in [0.717, 1.165) is 41.5 Å². The lowest BCUT2D eigenvalue weighted by atomic mass is 10.4. The first-order valence-corrected chi connectivity index (χ1v) is 10.2. The van der Waals surface area contributed by atoms with Gasteiger partial charge in [0.2, 0.25) is 0 Å². The normalized spacial score (nSPS) is 10.4. The molecule has 0 aliphatic rings. The summed E-state index contributed by atoms with van der Waals surface area (Å²) in [4.78, 5) is 0. The molecule has 0 radical (unpaired) electrons. The van der Waals surface area contributed by atoms with E-state index in [1.165, 1.54) is 0 Å². The van der Waals surface area contributed by atoms with E-state index in [2.05, 4.69) is 12.3 Å². The molecule has 0 aromatic carbocycles. The van der Waals surface area contributed by atoms with Crippen molar-refractivity contribution in [3.8, 4) is 16.9 Å². The van der Waals surface area contributed by atoms with Crippen LogP contribution in [0.15, 0.2) is 23.9 Å². The van der Waals surface area contributed by atoms with E-state index < -0.39 is 8.40 Å². The second-order valence-corrected chi connectivity index (χ2v) is 7.63.